The summed E-state index contributed by atoms with van der Waals surface area (Å²) in [5.74, 6) is 0.860. The summed E-state index contributed by atoms with van der Waals surface area (Å²) in [7, 11) is 0. The van der Waals surface area contributed by atoms with Crippen molar-refractivity contribution in [3.8, 4) is 0 Å². The molecule has 0 fully saturated rings. The van der Waals surface area contributed by atoms with Crippen molar-refractivity contribution in [2.75, 3.05) is 12.3 Å². The Hall–Kier alpha value is -0.800. The van der Waals surface area contributed by atoms with Crippen LogP contribution in [0.5, 0.6) is 0 Å². The molecule has 1 unspecified atom stereocenters. The van der Waals surface area contributed by atoms with E-state index < -0.39 is 0 Å². The lowest BCUT2D eigenvalue weighted by Gasteiger charge is -2.17. The van der Waals surface area contributed by atoms with E-state index in [2.05, 4.69) is 18.8 Å². The Kier molecular flexibility index (Phi) is 8.59. The van der Waals surface area contributed by atoms with Crippen molar-refractivity contribution in [1.82, 2.24) is 5.32 Å². The first-order valence-corrected chi connectivity index (χ1v) is 7.97. The molecule has 0 spiro atoms. The van der Waals surface area contributed by atoms with Crippen LogP contribution in [0, 0.1) is 5.82 Å². The van der Waals surface area contributed by atoms with E-state index in [1.54, 1.807) is 11.8 Å². The third-order valence-electron chi connectivity index (χ3n) is 2.91. The standard InChI is InChI=1S/C16H24FNS/c1-3-5-6-7-15(18-12-4-2)13-19-16-10-8-14(17)9-11-16/h3,8-11,15,18H,1,4-7,12-13H2,2H3. The Labute approximate surface area is 120 Å². The van der Waals surface area contributed by atoms with E-state index in [1.807, 2.05) is 18.2 Å². The third kappa shape index (κ3) is 7.38. The molecule has 1 atom stereocenters. The predicted molar refractivity (Wildman–Crippen MR) is 83.3 cm³/mol. The largest absolute Gasteiger partial charge is 0.313 e. The summed E-state index contributed by atoms with van der Waals surface area (Å²) in [5, 5.41) is 3.58. The lowest BCUT2D eigenvalue weighted by atomic mass is 10.1. The number of benzene rings is 1. The average Bonchev–Trinajstić information content (AvgIpc) is 2.43. The van der Waals surface area contributed by atoms with E-state index in [4.69, 9.17) is 0 Å². The maximum absolute atomic E-state index is 12.8. The van der Waals surface area contributed by atoms with Crippen LogP contribution in [0.15, 0.2) is 41.8 Å². The molecule has 1 N–H and O–H groups in total. The van der Waals surface area contributed by atoms with Crippen LogP contribution < -0.4 is 5.32 Å². The zero-order chi connectivity index (χ0) is 13.9. The second kappa shape index (κ2) is 10.0. The van der Waals surface area contributed by atoms with Gasteiger partial charge in [0.05, 0.1) is 0 Å². The summed E-state index contributed by atoms with van der Waals surface area (Å²) in [6, 6.07) is 7.26. The molecule has 0 amide bonds. The molecule has 0 heterocycles. The molecule has 0 aliphatic carbocycles. The molecule has 0 radical (unpaired) electrons. The van der Waals surface area contributed by atoms with Crippen LogP contribution in [-0.2, 0) is 0 Å². The monoisotopic (exact) mass is 281 g/mol. The smallest absolute Gasteiger partial charge is 0.123 e. The number of thioether (sulfide) groups is 1. The number of halogens is 1. The minimum absolute atomic E-state index is 0.170. The maximum atomic E-state index is 12.8. The van der Waals surface area contributed by atoms with Gasteiger partial charge in [-0.25, -0.2) is 4.39 Å². The Morgan fingerprint density at radius 2 is 2.11 bits per heavy atom. The fraction of sp³-hybridized carbons (Fsp3) is 0.500. The first-order chi connectivity index (χ1) is 9.26. The quantitative estimate of drug-likeness (QED) is 0.381. The number of nitrogens with one attached hydrogen (secondary N) is 1. The van der Waals surface area contributed by atoms with Crippen LogP contribution in [0.1, 0.15) is 32.6 Å². The van der Waals surface area contributed by atoms with Crippen LogP contribution >= 0.6 is 11.8 Å². The molecule has 1 aromatic rings. The van der Waals surface area contributed by atoms with Gasteiger partial charge in [0.25, 0.3) is 0 Å². The van der Waals surface area contributed by atoms with Gasteiger partial charge in [0.15, 0.2) is 0 Å². The predicted octanol–water partition coefficient (Wildman–Crippen LogP) is 4.64. The molecule has 1 nitrogen and oxygen atoms in total. The minimum Gasteiger partial charge on any atom is -0.313 e. The first-order valence-electron chi connectivity index (χ1n) is 6.99. The molecule has 0 aromatic heterocycles. The highest BCUT2D eigenvalue weighted by Gasteiger charge is 2.08. The van der Waals surface area contributed by atoms with E-state index >= 15 is 0 Å². The van der Waals surface area contributed by atoms with Crippen molar-refractivity contribution in [3.63, 3.8) is 0 Å². The van der Waals surface area contributed by atoms with Crippen molar-refractivity contribution in [2.24, 2.45) is 0 Å². The molecule has 0 aliphatic rings. The maximum Gasteiger partial charge on any atom is 0.123 e. The Balaban J connectivity index is 2.37. The summed E-state index contributed by atoms with van der Waals surface area (Å²) in [6.45, 7) is 7.00. The molecule has 3 heteroatoms. The lowest BCUT2D eigenvalue weighted by molar-refractivity contribution is 0.506. The lowest BCUT2D eigenvalue weighted by Crippen LogP contribution is -2.31. The fourth-order valence-electron chi connectivity index (χ4n) is 1.83. The molecule has 0 aliphatic heterocycles. The molecular formula is C16H24FNS. The SMILES string of the molecule is C=CCCCC(CSc1ccc(F)cc1)NCCC. The van der Waals surface area contributed by atoms with Crippen LogP contribution in [0.4, 0.5) is 4.39 Å². The number of hydrogen-bond acceptors (Lipinski definition) is 2. The number of unbranched alkanes of at least 4 members (excludes halogenated alkanes) is 1. The highest BCUT2D eigenvalue weighted by molar-refractivity contribution is 7.99. The summed E-state index contributed by atoms with van der Waals surface area (Å²) in [4.78, 5) is 1.13. The van der Waals surface area contributed by atoms with Gasteiger partial charge >= 0.3 is 0 Å². The van der Waals surface area contributed by atoms with Gasteiger partial charge in [-0.15, -0.1) is 18.3 Å². The molecule has 0 saturated carbocycles. The van der Waals surface area contributed by atoms with Gasteiger partial charge in [0.1, 0.15) is 5.82 Å². The zero-order valence-corrected chi connectivity index (χ0v) is 12.5. The van der Waals surface area contributed by atoms with Crippen molar-refractivity contribution >= 4 is 11.8 Å². The van der Waals surface area contributed by atoms with E-state index in [9.17, 15) is 4.39 Å². The van der Waals surface area contributed by atoms with E-state index in [1.165, 1.54) is 25.0 Å². The van der Waals surface area contributed by atoms with Gasteiger partial charge in [-0.2, -0.15) is 0 Å². The molecule has 0 saturated heterocycles. The van der Waals surface area contributed by atoms with Gasteiger partial charge in [-0.1, -0.05) is 13.0 Å². The van der Waals surface area contributed by atoms with Crippen molar-refractivity contribution in [1.29, 1.82) is 0 Å². The first kappa shape index (κ1) is 16.3. The normalized spacial score (nSPS) is 12.3. The highest BCUT2D eigenvalue weighted by atomic mass is 32.2. The Morgan fingerprint density at radius 3 is 2.74 bits per heavy atom. The van der Waals surface area contributed by atoms with Crippen molar-refractivity contribution < 1.29 is 4.39 Å². The van der Waals surface area contributed by atoms with Crippen LogP contribution in [-0.4, -0.2) is 18.3 Å². The summed E-state index contributed by atoms with van der Waals surface area (Å²) >= 11 is 1.79. The van der Waals surface area contributed by atoms with E-state index in [0.29, 0.717) is 6.04 Å². The van der Waals surface area contributed by atoms with Crippen molar-refractivity contribution in [2.45, 2.75) is 43.5 Å². The molecule has 106 valence electrons. The highest BCUT2D eigenvalue weighted by Crippen LogP contribution is 2.20. The van der Waals surface area contributed by atoms with Gasteiger partial charge in [0.2, 0.25) is 0 Å². The summed E-state index contributed by atoms with van der Waals surface area (Å²) in [6.07, 6.45) is 6.55. The van der Waals surface area contributed by atoms with Gasteiger partial charge < -0.3 is 5.32 Å². The van der Waals surface area contributed by atoms with E-state index in [-0.39, 0.29) is 5.82 Å². The van der Waals surface area contributed by atoms with Crippen LogP contribution in [0.25, 0.3) is 0 Å². The molecule has 0 bridgehead atoms. The number of hydrogen-bond donors (Lipinski definition) is 1. The number of allylic oxidation sites excluding steroid dienone is 1. The van der Waals surface area contributed by atoms with Gasteiger partial charge in [-0.3, -0.25) is 0 Å². The topological polar surface area (TPSA) is 12.0 Å². The average molecular weight is 281 g/mol. The van der Waals surface area contributed by atoms with Crippen LogP contribution in [0.3, 0.4) is 0 Å². The molecule has 1 rings (SSSR count). The third-order valence-corrected chi connectivity index (χ3v) is 4.08. The van der Waals surface area contributed by atoms with Gasteiger partial charge in [0, 0.05) is 16.7 Å². The van der Waals surface area contributed by atoms with Crippen LogP contribution in [0.2, 0.25) is 0 Å². The summed E-state index contributed by atoms with van der Waals surface area (Å²) < 4.78 is 12.8. The molecule has 1 aromatic carbocycles. The fourth-order valence-corrected chi connectivity index (χ4v) is 2.84. The second-order valence-corrected chi connectivity index (χ2v) is 5.73. The summed E-state index contributed by atoms with van der Waals surface area (Å²) in [5.41, 5.74) is 0. The van der Waals surface area contributed by atoms with Gasteiger partial charge in [-0.05, 0) is 56.5 Å². The number of rotatable bonds is 10. The zero-order valence-electron chi connectivity index (χ0n) is 11.7. The minimum atomic E-state index is -0.170. The second-order valence-electron chi connectivity index (χ2n) is 4.64. The molecule has 19 heavy (non-hydrogen) atoms. The van der Waals surface area contributed by atoms with Crippen molar-refractivity contribution in [3.05, 3.63) is 42.7 Å². The van der Waals surface area contributed by atoms with E-state index in [0.717, 1.165) is 30.0 Å². The Bertz CT molecular complexity index is 350. The Morgan fingerprint density at radius 1 is 1.37 bits per heavy atom. The molecular weight excluding hydrogens is 257 g/mol.